The summed E-state index contributed by atoms with van der Waals surface area (Å²) in [6, 6.07) is 0. The second kappa shape index (κ2) is 7.50. The SMILES string of the molecule is Fc1c(F)c(F)[c-](F)c1F.Fc1c(F)c(F)[c-](F)c1F.[Ca+2]. The number of halogens is 10. The van der Waals surface area contributed by atoms with Crippen molar-refractivity contribution in [3.63, 3.8) is 0 Å². The van der Waals surface area contributed by atoms with Crippen LogP contribution in [0.15, 0.2) is 0 Å². The van der Waals surface area contributed by atoms with Gasteiger partial charge in [-0.05, 0) is 0 Å². The van der Waals surface area contributed by atoms with Gasteiger partial charge in [-0.2, -0.15) is 0 Å². The second-order valence-corrected chi connectivity index (χ2v) is 3.14. The van der Waals surface area contributed by atoms with Crippen LogP contribution in [0.3, 0.4) is 0 Å². The van der Waals surface area contributed by atoms with Crippen molar-refractivity contribution in [2.45, 2.75) is 0 Å². The topological polar surface area (TPSA) is 0 Å². The molecule has 2 aromatic rings. The van der Waals surface area contributed by atoms with Crippen molar-refractivity contribution in [2.24, 2.45) is 0 Å². The van der Waals surface area contributed by atoms with Crippen LogP contribution >= 0.6 is 0 Å². The van der Waals surface area contributed by atoms with Gasteiger partial charge in [-0.25, -0.2) is 17.6 Å². The quantitative estimate of drug-likeness (QED) is 0.385. The summed E-state index contributed by atoms with van der Waals surface area (Å²) in [6.45, 7) is 0. The van der Waals surface area contributed by atoms with Crippen LogP contribution in [0.4, 0.5) is 43.9 Å². The Morgan fingerprint density at radius 1 is 0.429 bits per heavy atom. The maximum atomic E-state index is 11.8. The van der Waals surface area contributed by atoms with Crippen LogP contribution in [0.5, 0.6) is 0 Å². The standard InChI is InChI=1S/2C5F5.Ca/c2*6-1-2(7)4(9)5(10)3(1)8;/q2*-1;+2. The average Bonchev–Trinajstić information content (AvgIpc) is 2.71. The molecule has 11 heteroatoms. The molecule has 0 bridgehead atoms. The van der Waals surface area contributed by atoms with E-state index in [1.807, 2.05) is 0 Å². The Morgan fingerprint density at radius 2 is 0.571 bits per heavy atom. The van der Waals surface area contributed by atoms with Crippen LogP contribution in [0, 0.1) is 58.2 Å². The molecule has 0 heterocycles. The molecule has 0 unspecified atom stereocenters. The molecule has 112 valence electrons. The third-order valence-corrected chi connectivity index (χ3v) is 1.93. The van der Waals surface area contributed by atoms with E-state index in [0.717, 1.165) is 0 Å². The summed E-state index contributed by atoms with van der Waals surface area (Å²) in [5.41, 5.74) is 0. The summed E-state index contributed by atoms with van der Waals surface area (Å²) in [5, 5.41) is 0. The Balaban J connectivity index is 0.000000364. The molecule has 0 aliphatic carbocycles. The van der Waals surface area contributed by atoms with Gasteiger partial charge >= 0.3 is 37.7 Å². The molecule has 2 rings (SSSR count). The Morgan fingerprint density at radius 3 is 0.619 bits per heavy atom. The van der Waals surface area contributed by atoms with Gasteiger partial charge in [0.1, 0.15) is 0 Å². The number of hydrogen-bond donors (Lipinski definition) is 0. The maximum Gasteiger partial charge on any atom is 2.00 e. The fourth-order valence-electron chi connectivity index (χ4n) is 0.964. The molecule has 0 aliphatic heterocycles. The molecule has 0 atom stereocenters. The zero-order valence-corrected chi connectivity index (χ0v) is 11.7. The van der Waals surface area contributed by atoms with Crippen LogP contribution < -0.4 is 0 Å². The van der Waals surface area contributed by atoms with Crippen LogP contribution in [0.25, 0.3) is 0 Å². The monoisotopic (exact) mass is 350 g/mol. The second-order valence-electron chi connectivity index (χ2n) is 3.14. The van der Waals surface area contributed by atoms with E-state index in [-0.39, 0.29) is 37.7 Å². The summed E-state index contributed by atoms with van der Waals surface area (Å²) in [6.07, 6.45) is 0. The average molecular weight is 350 g/mol. The third-order valence-electron chi connectivity index (χ3n) is 1.93. The molecule has 0 N–H and O–H groups in total. The fourth-order valence-corrected chi connectivity index (χ4v) is 0.964. The van der Waals surface area contributed by atoms with Gasteiger partial charge < -0.3 is 0 Å². The minimum absolute atomic E-state index is 0. The minimum Gasteiger partial charge on any atom is -0.291 e. The normalized spacial score (nSPS) is 10.0. The van der Waals surface area contributed by atoms with E-state index in [0.29, 0.717) is 0 Å². The van der Waals surface area contributed by atoms with E-state index in [2.05, 4.69) is 0 Å². The zero-order valence-electron chi connectivity index (χ0n) is 9.49. The first-order valence-electron chi connectivity index (χ1n) is 4.39. The Hall–Kier alpha value is -0.740. The van der Waals surface area contributed by atoms with Crippen molar-refractivity contribution in [3.8, 4) is 0 Å². The zero-order chi connectivity index (χ0) is 15.8. The van der Waals surface area contributed by atoms with Crippen molar-refractivity contribution in [1.29, 1.82) is 0 Å². The van der Waals surface area contributed by atoms with Gasteiger partial charge in [0, 0.05) is 23.3 Å². The molecule has 0 aromatic heterocycles. The van der Waals surface area contributed by atoms with Crippen LogP contribution in [0.2, 0.25) is 0 Å². The van der Waals surface area contributed by atoms with E-state index < -0.39 is 58.2 Å². The smallest absolute Gasteiger partial charge is 0.291 e. The van der Waals surface area contributed by atoms with Gasteiger partial charge in [0.2, 0.25) is 0 Å². The molecule has 0 amide bonds. The predicted octanol–water partition coefficient (Wildman–Crippen LogP) is 3.82. The van der Waals surface area contributed by atoms with E-state index in [1.54, 1.807) is 0 Å². The predicted molar refractivity (Wildman–Crippen MR) is 49.4 cm³/mol. The summed E-state index contributed by atoms with van der Waals surface area (Å²) in [7, 11) is 0. The number of rotatable bonds is 0. The molecule has 0 nitrogen and oxygen atoms in total. The summed E-state index contributed by atoms with van der Waals surface area (Å²) >= 11 is 0. The Kier molecular flexibility index (Phi) is 7.24. The van der Waals surface area contributed by atoms with E-state index in [1.165, 1.54) is 0 Å². The first-order valence-corrected chi connectivity index (χ1v) is 4.39. The molecule has 0 saturated heterocycles. The molecule has 0 radical (unpaired) electrons. The van der Waals surface area contributed by atoms with Gasteiger partial charge in [0.15, 0.2) is 0 Å². The van der Waals surface area contributed by atoms with E-state index >= 15 is 0 Å². The molecule has 0 spiro atoms. The van der Waals surface area contributed by atoms with Crippen molar-refractivity contribution < 1.29 is 43.9 Å². The Bertz CT molecular complexity index is 424. The van der Waals surface area contributed by atoms with Gasteiger partial charge in [0.05, 0.1) is 34.9 Å². The number of hydrogen-bond acceptors (Lipinski definition) is 0. The van der Waals surface area contributed by atoms with Gasteiger partial charge in [-0.1, -0.05) is 0 Å². The summed E-state index contributed by atoms with van der Waals surface area (Å²) < 4.78 is 118. The molecule has 0 saturated carbocycles. The van der Waals surface area contributed by atoms with Crippen LogP contribution in [0.1, 0.15) is 0 Å². The molecule has 21 heavy (non-hydrogen) atoms. The van der Waals surface area contributed by atoms with Crippen molar-refractivity contribution in [1.82, 2.24) is 0 Å². The van der Waals surface area contributed by atoms with E-state index in [4.69, 9.17) is 0 Å². The molecule has 0 fully saturated rings. The minimum atomic E-state index is -2.12. The first kappa shape index (κ1) is 20.3. The van der Waals surface area contributed by atoms with Gasteiger partial charge in [-0.15, -0.1) is 0 Å². The molecule has 0 aliphatic rings. The summed E-state index contributed by atoms with van der Waals surface area (Å²) in [4.78, 5) is 0. The Labute approximate surface area is 139 Å². The van der Waals surface area contributed by atoms with Crippen molar-refractivity contribution >= 4 is 37.7 Å². The van der Waals surface area contributed by atoms with Gasteiger partial charge in [-0.3, -0.25) is 26.3 Å². The van der Waals surface area contributed by atoms with E-state index in [9.17, 15) is 43.9 Å². The summed E-state index contributed by atoms with van der Waals surface area (Å²) in [5.74, 6) is -21.2. The van der Waals surface area contributed by atoms with Gasteiger partial charge in [0.25, 0.3) is 0 Å². The fraction of sp³-hybridized carbons (Fsp3) is 0. The molecular formula is C10CaF10. The van der Waals surface area contributed by atoms with Crippen LogP contribution in [-0.4, -0.2) is 37.7 Å². The first-order chi connectivity index (χ1) is 9.11. The van der Waals surface area contributed by atoms with Crippen molar-refractivity contribution in [2.75, 3.05) is 0 Å². The molecule has 2 aromatic carbocycles. The maximum absolute atomic E-state index is 11.8. The van der Waals surface area contributed by atoms with Crippen LogP contribution in [-0.2, 0) is 0 Å². The van der Waals surface area contributed by atoms with Crippen molar-refractivity contribution in [3.05, 3.63) is 58.2 Å². The molecular weight excluding hydrogens is 350 g/mol. The largest absolute Gasteiger partial charge is 2.00 e. The third kappa shape index (κ3) is 3.72.